The van der Waals surface area contributed by atoms with Gasteiger partial charge in [0.05, 0.1) is 6.61 Å². The molecule has 4 heteroatoms. The molecule has 1 atom stereocenters. The first-order valence-corrected chi connectivity index (χ1v) is 5.21. The predicted octanol–water partition coefficient (Wildman–Crippen LogP) is 1.24. The molecule has 0 aromatic rings. The van der Waals surface area contributed by atoms with Crippen LogP contribution in [0.2, 0.25) is 0 Å². The number of aliphatic hydroxyl groups is 1. The van der Waals surface area contributed by atoms with Crippen LogP contribution in [0.4, 0.5) is 0 Å². The number of ketones is 1. The molecule has 0 saturated carbocycles. The van der Waals surface area contributed by atoms with Crippen LogP contribution in [0.5, 0.6) is 0 Å². The number of hydrogen-bond acceptors (Lipinski definition) is 4. The minimum Gasteiger partial charge on any atom is -0.491 e. The van der Waals surface area contributed by atoms with E-state index in [1.165, 1.54) is 0 Å². The van der Waals surface area contributed by atoms with E-state index in [0.29, 0.717) is 18.3 Å². The summed E-state index contributed by atoms with van der Waals surface area (Å²) in [5.74, 6) is 0.793. The van der Waals surface area contributed by atoms with Crippen LogP contribution >= 0.6 is 0 Å². The quantitative estimate of drug-likeness (QED) is 0.765. The molecular formula is C11H18O4. The van der Waals surface area contributed by atoms with Crippen molar-refractivity contribution in [1.82, 2.24) is 0 Å². The first kappa shape index (κ1) is 12.0. The third kappa shape index (κ3) is 3.23. The van der Waals surface area contributed by atoms with Crippen LogP contribution in [0.25, 0.3) is 0 Å². The highest BCUT2D eigenvalue weighted by Gasteiger charge is 2.29. The number of carbonyl (C=O) groups is 1. The molecule has 0 amide bonds. The van der Waals surface area contributed by atoms with Crippen molar-refractivity contribution in [1.29, 1.82) is 0 Å². The number of Topliss-reactive ketones (excluding diaryl/α,β-unsaturated/α-hetero) is 1. The minimum atomic E-state index is -1.08. The van der Waals surface area contributed by atoms with E-state index in [0.717, 1.165) is 6.42 Å². The topological polar surface area (TPSA) is 55.8 Å². The van der Waals surface area contributed by atoms with Crippen molar-refractivity contribution >= 4 is 5.78 Å². The molecular weight excluding hydrogens is 196 g/mol. The normalized spacial score (nSPS) is 21.9. The van der Waals surface area contributed by atoms with Gasteiger partial charge < -0.3 is 14.6 Å². The highest BCUT2D eigenvalue weighted by molar-refractivity contribution is 5.97. The highest BCUT2D eigenvalue weighted by Crippen LogP contribution is 2.17. The van der Waals surface area contributed by atoms with Gasteiger partial charge >= 0.3 is 0 Å². The van der Waals surface area contributed by atoms with Gasteiger partial charge in [-0.2, -0.15) is 0 Å². The average molecular weight is 214 g/mol. The van der Waals surface area contributed by atoms with Gasteiger partial charge in [0.2, 0.25) is 11.5 Å². The highest BCUT2D eigenvalue weighted by atomic mass is 16.5. The summed E-state index contributed by atoms with van der Waals surface area (Å²) in [6.45, 7) is 6.35. The van der Waals surface area contributed by atoms with E-state index in [2.05, 4.69) is 13.8 Å². The van der Waals surface area contributed by atoms with Gasteiger partial charge in [0, 0.05) is 0 Å². The Morgan fingerprint density at radius 1 is 1.60 bits per heavy atom. The zero-order valence-corrected chi connectivity index (χ0v) is 9.45. The molecule has 1 aliphatic rings. The Balaban J connectivity index is 2.54. The van der Waals surface area contributed by atoms with E-state index in [9.17, 15) is 9.90 Å². The van der Waals surface area contributed by atoms with Crippen LogP contribution in [-0.2, 0) is 14.3 Å². The van der Waals surface area contributed by atoms with Gasteiger partial charge in [-0.15, -0.1) is 0 Å². The minimum absolute atomic E-state index is 0.0295. The zero-order valence-electron chi connectivity index (χ0n) is 9.45. The molecule has 0 aromatic carbocycles. The molecule has 0 fully saturated rings. The molecule has 4 nitrogen and oxygen atoms in total. The smallest absolute Gasteiger partial charge is 0.232 e. The molecule has 1 heterocycles. The molecule has 0 bridgehead atoms. The summed E-state index contributed by atoms with van der Waals surface area (Å²) in [5.41, 5.74) is 0. The van der Waals surface area contributed by atoms with Crippen LogP contribution in [0.15, 0.2) is 11.5 Å². The van der Waals surface area contributed by atoms with Gasteiger partial charge in [-0.05, 0) is 19.3 Å². The molecule has 1 unspecified atom stereocenters. The third-order valence-electron chi connectivity index (χ3n) is 2.25. The van der Waals surface area contributed by atoms with Crippen molar-refractivity contribution in [2.45, 2.75) is 33.3 Å². The molecule has 0 aromatic heterocycles. The largest absolute Gasteiger partial charge is 0.491 e. The molecule has 0 aliphatic carbocycles. The lowest BCUT2D eigenvalue weighted by Crippen LogP contribution is -2.33. The number of carbonyl (C=O) groups excluding carboxylic acids is 1. The maximum absolute atomic E-state index is 11.5. The Labute approximate surface area is 89.9 Å². The van der Waals surface area contributed by atoms with Crippen LogP contribution in [0.1, 0.15) is 27.2 Å². The van der Waals surface area contributed by atoms with Gasteiger partial charge in [-0.25, -0.2) is 0 Å². The van der Waals surface area contributed by atoms with Gasteiger partial charge in [0.15, 0.2) is 6.10 Å². The molecule has 0 radical (unpaired) electrons. The SMILES string of the molecule is CC1=C(OCCC(C)C)C(=O)C(O)CO1. The Morgan fingerprint density at radius 2 is 2.27 bits per heavy atom. The molecule has 1 N–H and O–H groups in total. The van der Waals surface area contributed by atoms with E-state index in [4.69, 9.17) is 9.47 Å². The fourth-order valence-corrected chi connectivity index (χ4v) is 1.24. The van der Waals surface area contributed by atoms with Crippen LogP contribution in [0, 0.1) is 5.92 Å². The van der Waals surface area contributed by atoms with Crippen molar-refractivity contribution in [2.75, 3.05) is 13.2 Å². The second kappa shape index (κ2) is 5.16. The standard InChI is InChI=1S/C11H18O4/c1-7(2)4-5-14-11-8(3)15-6-9(12)10(11)13/h7,9,12H,4-6H2,1-3H3. The zero-order chi connectivity index (χ0) is 11.4. The third-order valence-corrected chi connectivity index (χ3v) is 2.25. The molecule has 0 spiro atoms. The summed E-state index contributed by atoms with van der Waals surface area (Å²) in [7, 11) is 0. The lowest BCUT2D eigenvalue weighted by molar-refractivity contribution is -0.132. The van der Waals surface area contributed by atoms with Crippen molar-refractivity contribution in [2.24, 2.45) is 5.92 Å². The van der Waals surface area contributed by atoms with Crippen molar-refractivity contribution in [3.63, 3.8) is 0 Å². The Hall–Kier alpha value is -1.03. The summed E-state index contributed by atoms with van der Waals surface area (Å²) in [6, 6.07) is 0. The van der Waals surface area contributed by atoms with Crippen LogP contribution in [0.3, 0.4) is 0 Å². The maximum atomic E-state index is 11.5. The van der Waals surface area contributed by atoms with Gasteiger partial charge in [0.25, 0.3) is 0 Å². The Morgan fingerprint density at radius 3 is 2.87 bits per heavy atom. The Kier molecular flexibility index (Phi) is 4.15. The van der Waals surface area contributed by atoms with Crippen LogP contribution in [-0.4, -0.2) is 30.2 Å². The van der Waals surface area contributed by atoms with Crippen molar-refractivity contribution < 1.29 is 19.4 Å². The lowest BCUT2D eigenvalue weighted by Gasteiger charge is -2.22. The molecule has 86 valence electrons. The van der Waals surface area contributed by atoms with E-state index in [1.807, 2.05) is 0 Å². The van der Waals surface area contributed by atoms with Crippen molar-refractivity contribution in [3.05, 3.63) is 11.5 Å². The summed E-state index contributed by atoms with van der Waals surface area (Å²) in [5, 5.41) is 9.29. The molecule has 1 aliphatic heterocycles. The average Bonchev–Trinajstić information content (AvgIpc) is 2.17. The second-order valence-corrected chi connectivity index (χ2v) is 4.11. The summed E-state index contributed by atoms with van der Waals surface area (Å²) in [6.07, 6.45) is -0.206. The van der Waals surface area contributed by atoms with Crippen molar-refractivity contribution in [3.8, 4) is 0 Å². The molecule has 0 saturated heterocycles. The second-order valence-electron chi connectivity index (χ2n) is 4.11. The number of rotatable bonds is 4. The van der Waals surface area contributed by atoms with Crippen LogP contribution < -0.4 is 0 Å². The fraction of sp³-hybridized carbons (Fsp3) is 0.727. The number of allylic oxidation sites excluding steroid dienone is 1. The van der Waals surface area contributed by atoms with Gasteiger partial charge in [-0.1, -0.05) is 13.8 Å². The molecule has 15 heavy (non-hydrogen) atoms. The van der Waals surface area contributed by atoms with Gasteiger partial charge in [0.1, 0.15) is 12.4 Å². The first-order valence-electron chi connectivity index (χ1n) is 5.21. The Bertz CT molecular complexity index is 268. The van der Waals surface area contributed by atoms with E-state index in [-0.39, 0.29) is 18.1 Å². The van der Waals surface area contributed by atoms with E-state index >= 15 is 0 Å². The monoisotopic (exact) mass is 214 g/mol. The number of aliphatic hydroxyl groups excluding tert-OH is 1. The maximum Gasteiger partial charge on any atom is 0.232 e. The predicted molar refractivity (Wildman–Crippen MR) is 55.1 cm³/mol. The molecule has 1 rings (SSSR count). The lowest BCUT2D eigenvalue weighted by atomic mass is 10.1. The van der Waals surface area contributed by atoms with E-state index in [1.54, 1.807) is 6.92 Å². The number of ether oxygens (including phenoxy) is 2. The number of hydrogen-bond donors (Lipinski definition) is 1. The summed E-state index contributed by atoms with van der Waals surface area (Å²) < 4.78 is 10.4. The van der Waals surface area contributed by atoms with E-state index < -0.39 is 6.10 Å². The summed E-state index contributed by atoms with van der Waals surface area (Å²) >= 11 is 0. The first-order chi connectivity index (χ1) is 7.02. The fourth-order valence-electron chi connectivity index (χ4n) is 1.24. The summed E-state index contributed by atoms with van der Waals surface area (Å²) in [4.78, 5) is 11.5. The van der Waals surface area contributed by atoms with Gasteiger partial charge in [-0.3, -0.25) is 4.79 Å².